The lowest BCUT2D eigenvalue weighted by atomic mass is 10.2. The van der Waals surface area contributed by atoms with Crippen molar-refractivity contribution in [3.63, 3.8) is 0 Å². The smallest absolute Gasteiger partial charge is 0.264 e. The number of amides is 1. The molecule has 0 radical (unpaired) electrons. The van der Waals surface area contributed by atoms with Crippen molar-refractivity contribution in [2.75, 3.05) is 6.61 Å². The van der Waals surface area contributed by atoms with Crippen LogP contribution in [0.1, 0.15) is 18.1 Å². The first-order chi connectivity index (χ1) is 12.1. The normalized spacial score (nSPS) is 17.2. The van der Waals surface area contributed by atoms with E-state index in [2.05, 4.69) is 10.3 Å². The Bertz CT molecular complexity index is 860. The second-order valence-corrected chi connectivity index (χ2v) is 6.81. The van der Waals surface area contributed by atoms with Crippen LogP contribution in [0.3, 0.4) is 0 Å². The highest BCUT2D eigenvalue weighted by Crippen LogP contribution is 2.31. The topological polar surface area (TPSA) is 50.7 Å². The van der Waals surface area contributed by atoms with E-state index in [-0.39, 0.29) is 5.91 Å². The monoisotopic (exact) mass is 372 g/mol. The van der Waals surface area contributed by atoms with Gasteiger partial charge in [-0.1, -0.05) is 29.8 Å². The molecule has 1 aliphatic rings. The van der Waals surface area contributed by atoms with Gasteiger partial charge in [-0.25, -0.2) is 4.99 Å². The van der Waals surface area contributed by atoms with Crippen molar-refractivity contribution in [1.29, 1.82) is 0 Å². The molecule has 6 heteroatoms. The number of carbonyl (C=O) groups excluding carboxylic acids is 1. The van der Waals surface area contributed by atoms with E-state index < -0.39 is 0 Å². The van der Waals surface area contributed by atoms with Crippen molar-refractivity contribution >= 4 is 46.2 Å². The van der Waals surface area contributed by atoms with E-state index in [0.29, 0.717) is 21.7 Å². The zero-order valence-corrected chi connectivity index (χ0v) is 15.4. The third kappa shape index (κ3) is 4.24. The Morgan fingerprint density at radius 1 is 1.24 bits per heavy atom. The maximum Gasteiger partial charge on any atom is 0.264 e. The summed E-state index contributed by atoms with van der Waals surface area (Å²) in [4.78, 5) is 17.3. The molecular weight excluding hydrogens is 356 g/mol. The van der Waals surface area contributed by atoms with Crippen LogP contribution in [0.25, 0.3) is 6.08 Å². The van der Waals surface area contributed by atoms with E-state index in [4.69, 9.17) is 16.3 Å². The molecule has 25 heavy (non-hydrogen) atoms. The Kier molecular flexibility index (Phi) is 5.46. The fourth-order valence-electron chi connectivity index (χ4n) is 2.29. The van der Waals surface area contributed by atoms with E-state index in [1.165, 1.54) is 11.8 Å². The van der Waals surface area contributed by atoms with Gasteiger partial charge in [-0.05, 0) is 67.1 Å². The summed E-state index contributed by atoms with van der Waals surface area (Å²) in [5.74, 6) is 0.657. The Morgan fingerprint density at radius 2 is 2.00 bits per heavy atom. The van der Waals surface area contributed by atoms with Gasteiger partial charge < -0.3 is 10.1 Å². The Balaban J connectivity index is 1.80. The summed E-state index contributed by atoms with van der Waals surface area (Å²) in [7, 11) is 0. The molecule has 4 nitrogen and oxygen atoms in total. The average molecular weight is 373 g/mol. The Morgan fingerprint density at radius 3 is 2.72 bits per heavy atom. The summed E-state index contributed by atoms with van der Waals surface area (Å²) in [6, 6.07) is 13.1. The second-order valence-electron chi connectivity index (χ2n) is 5.37. The van der Waals surface area contributed by atoms with E-state index in [1.54, 1.807) is 0 Å². The number of benzene rings is 2. The number of thioether (sulfide) groups is 1. The van der Waals surface area contributed by atoms with E-state index in [9.17, 15) is 4.79 Å². The van der Waals surface area contributed by atoms with E-state index in [0.717, 1.165) is 22.6 Å². The number of amidine groups is 1. The predicted molar refractivity (Wildman–Crippen MR) is 105 cm³/mol. The van der Waals surface area contributed by atoms with Crippen LogP contribution in [0.2, 0.25) is 5.02 Å². The number of ether oxygens (including phenoxy) is 1. The first-order valence-electron chi connectivity index (χ1n) is 7.84. The van der Waals surface area contributed by atoms with E-state index in [1.807, 2.05) is 62.4 Å². The number of nitrogens with one attached hydrogen (secondary N) is 1. The molecule has 1 N–H and O–H groups in total. The second kappa shape index (κ2) is 7.76. The first-order valence-corrected chi connectivity index (χ1v) is 9.04. The SMILES string of the molecule is CCOc1ccc(/C=C2/SC(=Nc3cccc(Cl)c3C)NC2=O)cc1. The van der Waals surface area contributed by atoms with Crippen LogP contribution < -0.4 is 10.1 Å². The van der Waals surface area contributed by atoms with Gasteiger partial charge in [0.05, 0.1) is 17.2 Å². The molecule has 128 valence electrons. The van der Waals surface area contributed by atoms with Gasteiger partial charge in [0.2, 0.25) is 0 Å². The fraction of sp³-hybridized carbons (Fsp3) is 0.158. The highest BCUT2D eigenvalue weighted by Gasteiger charge is 2.24. The number of carbonyl (C=O) groups is 1. The molecule has 0 saturated carbocycles. The van der Waals surface area contributed by atoms with Crippen LogP contribution in [-0.4, -0.2) is 17.7 Å². The molecule has 0 spiro atoms. The molecule has 0 aromatic heterocycles. The quantitative estimate of drug-likeness (QED) is 0.773. The lowest BCUT2D eigenvalue weighted by Crippen LogP contribution is -2.19. The van der Waals surface area contributed by atoms with Crippen molar-refractivity contribution < 1.29 is 9.53 Å². The van der Waals surface area contributed by atoms with Crippen LogP contribution in [0.15, 0.2) is 52.4 Å². The number of hydrogen-bond acceptors (Lipinski definition) is 4. The predicted octanol–water partition coefficient (Wildman–Crippen LogP) is 4.94. The summed E-state index contributed by atoms with van der Waals surface area (Å²) in [5.41, 5.74) is 2.56. The number of nitrogens with zero attached hydrogens (tertiary/aromatic N) is 1. The highest BCUT2D eigenvalue weighted by atomic mass is 35.5. The lowest BCUT2D eigenvalue weighted by Gasteiger charge is -2.03. The minimum absolute atomic E-state index is 0.155. The molecule has 2 aromatic carbocycles. The maximum atomic E-state index is 12.2. The van der Waals surface area contributed by atoms with Crippen LogP contribution in [0, 0.1) is 6.92 Å². The minimum Gasteiger partial charge on any atom is -0.494 e. The summed E-state index contributed by atoms with van der Waals surface area (Å²) < 4.78 is 5.42. The zero-order chi connectivity index (χ0) is 17.8. The molecule has 0 atom stereocenters. The molecule has 0 aliphatic carbocycles. The standard InChI is InChI=1S/C19H17ClN2O2S/c1-3-24-14-9-7-13(8-10-14)11-17-18(23)22-19(25-17)21-16-6-4-5-15(20)12(16)2/h4-11H,3H2,1-2H3,(H,21,22,23)/b17-11+. The molecule has 1 amide bonds. The van der Waals surface area contributed by atoms with Crippen molar-refractivity contribution in [2.24, 2.45) is 4.99 Å². The van der Waals surface area contributed by atoms with Crippen molar-refractivity contribution in [3.05, 3.63) is 63.5 Å². The molecule has 1 heterocycles. The van der Waals surface area contributed by atoms with Crippen molar-refractivity contribution in [3.8, 4) is 5.75 Å². The van der Waals surface area contributed by atoms with Gasteiger partial charge in [0.25, 0.3) is 5.91 Å². The molecule has 0 bridgehead atoms. The summed E-state index contributed by atoms with van der Waals surface area (Å²) >= 11 is 7.43. The Labute approximate surface area is 155 Å². The zero-order valence-electron chi connectivity index (χ0n) is 13.9. The number of halogens is 1. The minimum atomic E-state index is -0.155. The van der Waals surface area contributed by atoms with E-state index >= 15 is 0 Å². The molecular formula is C19H17ClN2O2S. The van der Waals surface area contributed by atoms with Gasteiger partial charge in [0.15, 0.2) is 5.17 Å². The molecule has 2 aromatic rings. The van der Waals surface area contributed by atoms with Gasteiger partial charge in [0, 0.05) is 5.02 Å². The Hall–Kier alpha value is -2.24. The number of hydrogen-bond donors (Lipinski definition) is 1. The number of rotatable bonds is 4. The van der Waals surface area contributed by atoms with Crippen LogP contribution in [-0.2, 0) is 4.79 Å². The van der Waals surface area contributed by atoms with Crippen molar-refractivity contribution in [2.45, 2.75) is 13.8 Å². The number of aliphatic imine (C=N–C) groups is 1. The third-order valence-electron chi connectivity index (χ3n) is 3.60. The molecule has 0 unspecified atom stereocenters. The van der Waals surface area contributed by atoms with Gasteiger partial charge in [-0.15, -0.1) is 0 Å². The fourth-order valence-corrected chi connectivity index (χ4v) is 3.29. The molecule has 1 fully saturated rings. The summed E-state index contributed by atoms with van der Waals surface area (Å²) in [6.07, 6.45) is 1.84. The molecule has 1 aliphatic heterocycles. The van der Waals surface area contributed by atoms with Crippen LogP contribution >= 0.6 is 23.4 Å². The molecule has 3 rings (SSSR count). The first kappa shape index (κ1) is 17.6. The lowest BCUT2D eigenvalue weighted by molar-refractivity contribution is -0.115. The van der Waals surface area contributed by atoms with Crippen LogP contribution in [0.5, 0.6) is 5.75 Å². The molecule has 1 saturated heterocycles. The highest BCUT2D eigenvalue weighted by molar-refractivity contribution is 8.18. The van der Waals surface area contributed by atoms with Gasteiger partial charge in [-0.3, -0.25) is 4.79 Å². The third-order valence-corrected chi connectivity index (χ3v) is 4.92. The van der Waals surface area contributed by atoms with Gasteiger partial charge in [-0.2, -0.15) is 0 Å². The van der Waals surface area contributed by atoms with Crippen molar-refractivity contribution in [1.82, 2.24) is 5.32 Å². The van der Waals surface area contributed by atoms with Gasteiger partial charge >= 0.3 is 0 Å². The maximum absolute atomic E-state index is 12.2. The average Bonchev–Trinajstić information content (AvgIpc) is 2.93. The largest absolute Gasteiger partial charge is 0.494 e. The summed E-state index contributed by atoms with van der Waals surface area (Å²) in [5, 5.41) is 3.99. The van der Waals surface area contributed by atoms with Crippen LogP contribution in [0.4, 0.5) is 5.69 Å². The van der Waals surface area contributed by atoms with Gasteiger partial charge in [0.1, 0.15) is 5.75 Å². The summed E-state index contributed by atoms with van der Waals surface area (Å²) in [6.45, 7) is 4.47.